The van der Waals surface area contributed by atoms with Gasteiger partial charge in [0.1, 0.15) is 23.7 Å². The van der Waals surface area contributed by atoms with E-state index in [0.29, 0.717) is 28.3 Å². The van der Waals surface area contributed by atoms with Crippen LogP contribution in [-0.4, -0.2) is 50.9 Å². The number of rotatable bonds is 10. The Bertz CT molecular complexity index is 1550. The molecule has 1 amide bonds. The maximum Gasteiger partial charge on any atom is 0.325 e. The molecule has 12 nitrogen and oxygen atoms in total. The Balaban J connectivity index is 1.69. The number of carbonyl (C=O) groups is 3. The van der Waals surface area contributed by atoms with E-state index in [0.717, 1.165) is 5.56 Å². The number of carbonyl (C=O) groups excluding carboxylic acids is 2. The zero-order valence-corrected chi connectivity index (χ0v) is 21.1. The molecule has 39 heavy (non-hydrogen) atoms. The van der Waals surface area contributed by atoms with Crippen LogP contribution in [0.4, 0.5) is 11.5 Å². The van der Waals surface area contributed by atoms with E-state index in [1.165, 1.54) is 37.4 Å². The van der Waals surface area contributed by atoms with Crippen molar-refractivity contribution in [3.8, 4) is 11.3 Å². The molecule has 0 fully saturated rings. The van der Waals surface area contributed by atoms with E-state index in [9.17, 15) is 29.6 Å². The van der Waals surface area contributed by atoms with Gasteiger partial charge in [0.25, 0.3) is 11.6 Å². The van der Waals surface area contributed by atoms with Crippen LogP contribution < -0.4 is 10.6 Å². The van der Waals surface area contributed by atoms with Crippen molar-refractivity contribution in [2.75, 3.05) is 19.0 Å². The molecular formula is C27H25N5O7. The molecule has 0 aliphatic carbocycles. The lowest BCUT2D eigenvalue weighted by Gasteiger charge is -2.18. The number of nitro groups is 1. The number of non-ortho nitro benzene ring substituents is 1. The highest BCUT2D eigenvalue weighted by molar-refractivity contribution is 5.96. The first-order valence-corrected chi connectivity index (χ1v) is 11.8. The summed E-state index contributed by atoms with van der Waals surface area (Å²) in [4.78, 5) is 51.6. The molecule has 12 heteroatoms. The molecule has 0 saturated heterocycles. The monoisotopic (exact) mass is 531 g/mol. The van der Waals surface area contributed by atoms with Gasteiger partial charge in [0.2, 0.25) is 0 Å². The molecule has 4 aromatic rings. The van der Waals surface area contributed by atoms with Crippen molar-refractivity contribution < 1.29 is 29.2 Å². The van der Waals surface area contributed by atoms with Crippen LogP contribution in [0.15, 0.2) is 66.9 Å². The van der Waals surface area contributed by atoms with E-state index in [2.05, 4.69) is 15.6 Å². The first-order valence-electron chi connectivity index (χ1n) is 11.8. The normalized spacial score (nSPS) is 11.5. The standard InChI is InChI=1S/C27H25N5O7/c1-16-3-5-17(6-4-16)21(14-23(33)34)29-27(36)19-11-12-31-22(13-19)30-25(26(31)28-15-24(35)39-2)18-7-9-20(10-8-18)32(37)38/h3-13,21,28H,14-15H2,1-2H3,(H,29,36)(H,33,34). The molecule has 3 N–H and O–H groups in total. The predicted molar refractivity (Wildman–Crippen MR) is 141 cm³/mol. The van der Waals surface area contributed by atoms with Gasteiger partial charge in [0.05, 0.1) is 24.5 Å². The zero-order valence-electron chi connectivity index (χ0n) is 21.1. The minimum absolute atomic E-state index is 0.0879. The molecule has 0 spiro atoms. The highest BCUT2D eigenvalue weighted by Crippen LogP contribution is 2.30. The van der Waals surface area contributed by atoms with Gasteiger partial charge < -0.3 is 20.5 Å². The minimum atomic E-state index is -1.06. The number of hydrogen-bond acceptors (Lipinski definition) is 8. The Morgan fingerprint density at radius 2 is 1.79 bits per heavy atom. The Morgan fingerprint density at radius 1 is 1.10 bits per heavy atom. The number of nitrogens with one attached hydrogen (secondary N) is 2. The van der Waals surface area contributed by atoms with Gasteiger partial charge in [-0.2, -0.15) is 0 Å². The van der Waals surface area contributed by atoms with Crippen LogP contribution in [0.2, 0.25) is 0 Å². The summed E-state index contributed by atoms with van der Waals surface area (Å²) in [6.07, 6.45) is 1.29. The van der Waals surface area contributed by atoms with E-state index >= 15 is 0 Å². The van der Waals surface area contributed by atoms with E-state index in [1.54, 1.807) is 28.8 Å². The number of ether oxygens (including phenoxy) is 1. The number of aliphatic carboxylic acids is 1. The number of carboxylic acid groups (broad SMARTS) is 1. The fourth-order valence-electron chi connectivity index (χ4n) is 3.99. The lowest BCUT2D eigenvalue weighted by molar-refractivity contribution is -0.384. The lowest BCUT2D eigenvalue weighted by atomic mass is 10.0. The summed E-state index contributed by atoms with van der Waals surface area (Å²) < 4.78 is 6.34. The maximum atomic E-state index is 13.2. The number of nitro benzene ring substituents is 1. The van der Waals surface area contributed by atoms with Gasteiger partial charge >= 0.3 is 11.9 Å². The van der Waals surface area contributed by atoms with Crippen molar-refractivity contribution in [1.82, 2.24) is 14.7 Å². The quantitative estimate of drug-likeness (QED) is 0.157. The molecule has 0 aliphatic heterocycles. The number of amides is 1. The second-order valence-corrected chi connectivity index (χ2v) is 8.72. The molecule has 0 aliphatic rings. The van der Waals surface area contributed by atoms with Gasteiger partial charge in [0.15, 0.2) is 0 Å². The third-order valence-corrected chi connectivity index (χ3v) is 6.03. The van der Waals surface area contributed by atoms with E-state index in [-0.39, 0.29) is 24.2 Å². The number of nitrogens with zero attached hydrogens (tertiary/aromatic N) is 3. The number of methoxy groups -OCH3 is 1. The lowest BCUT2D eigenvalue weighted by Crippen LogP contribution is -2.30. The minimum Gasteiger partial charge on any atom is -0.481 e. The fourth-order valence-corrected chi connectivity index (χ4v) is 3.99. The Hall–Kier alpha value is -5.26. The molecule has 2 aromatic carbocycles. The third kappa shape index (κ3) is 6.18. The fraction of sp³-hybridized carbons (Fsp3) is 0.185. The second-order valence-electron chi connectivity index (χ2n) is 8.72. The molecule has 0 bridgehead atoms. The third-order valence-electron chi connectivity index (χ3n) is 6.03. The van der Waals surface area contributed by atoms with Gasteiger partial charge in [-0.25, -0.2) is 4.98 Å². The van der Waals surface area contributed by atoms with Crippen LogP contribution >= 0.6 is 0 Å². The average Bonchev–Trinajstić information content (AvgIpc) is 3.29. The Labute approximate surface area is 222 Å². The maximum absolute atomic E-state index is 13.2. The van der Waals surface area contributed by atoms with E-state index < -0.39 is 28.8 Å². The predicted octanol–water partition coefficient (Wildman–Crippen LogP) is 3.75. The molecule has 0 radical (unpaired) electrons. The summed E-state index contributed by atoms with van der Waals surface area (Å²) >= 11 is 0. The molecule has 0 saturated carbocycles. The van der Waals surface area contributed by atoms with Gasteiger partial charge in [-0.3, -0.25) is 28.9 Å². The highest BCUT2D eigenvalue weighted by atomic mass is 16.6. The van der Waals surface area contributed by atoms with Gasteiger partial charge in [0, 0.05) is 29.5 Å². The number of hydrogen-bond donors (Lipinski definition) is 3. The average molecular weight is 532 g/mol. The summed E-state index contributed by atoms with van der Waals surface area (Å²) in [7, 11) is 1.26. The van der Waals surface area contributed by atoms with Crippen molar-refractivity contribution in [2.24, 2.45) is 0 Å². The van der Waals surface area contributed by atoms with Crippen LogP contribution in [0.3, 0.4) is 0 Å². The number of anilines is 1. The number of fused-ring (bicyclic) bond motifs is 1. The van der Waals surface area contributed by atoms with Crippen molar-refractivity contribution in [3.63, 3.8) is 0 Å². The van der Waals surface area contributed by atoms with E-state index in [4.69, 9.17) is 4.74 Å². The van der Waals surface area contributed by atoms with Gasteiger partial charge in [-0.05, 0) is 36.8 Å². The second kappa shape index (κ2) is 11.4. The molecule has 2 heterocycles. The zero-order chi connectivity index (χ0) is 28.1. The van der Waals surface area contributed by atoms with Crippen LogP contribution in [-0.2, 0) is 14.3 Å². The summed E-state index contributed by atoms with van der Waals surface area (Å²) in [5.74, 6) is -1.65. The SMILES string of the molecule is COC(=O)CNc1c(-c2ccc([N+](=O)[O-])cc2)nc2cc(C(=O)NC(CC(=O)O)c3ccc(C)cc3)ccn12. The number of aryl methyl sites for hydroxylation is 1. The smallest absolute Gasteiger partial charge is 0.325 e. The van der Waals surface area contributed by atoms with Crippen LogP contribution in [0.1, 0.15) is 33.9 Å². The van der Waals surface area contributed by atoms with Crippen molar-refractivity contribution in [2.45, 2.75) is 19.4 Å². The summed E-state index contributed by atoms with van der Waals surface area (Å²) in [6, 6.07) is 15.3. The topological polar surface area (TPSA) is 165 Å². The number of carboxylic acids is 1. The summed E-state index contributed by atoms with van der Waals surface area (Å²) in [5.41, 5.74) is 3.11. The van der Waals surface area contributed by atoms with Gasteiger partial charge in [-0.15, -0.1) is 0 Å². The summed E-state index contributed by atoms with van der Waals surface area (Å²) in [5, 5.41) is 26.2. The number of imidazole rings is 1. The van der Waals surface area contributed by atoms with E-state index in [1.807, 2.05) is 19.1 Å². The molecular weight excluding hydrogens is 506 g/mol. The Kier molecular flexibility index (Phi) is 7.85. The number of pyridine rings is 1. The Morgan fingerprint density at radius 3 is 2.41 bits per heavy atom. The van der Waals surface area contributed by atoms with Crippen LogP contribution in [0.25, 0.3) is 16.9 Å². The molecule has 2 aromatic heterocycles. The molecule has 1 unspecified atom stereocenters. The van der Waals surface area contributed by atoms with Crippen molar-refractivity contribution >= 4 is 35.0 Å². The first kappa shape index (κ1) is 26.8. The number of esters is 1. The number of aromatic nitrogens is 2. The van der Waals surface area contributed by atoms with Crippen molar-refractivity contribution in [3.05, 3.63) is 93.7 Å². The largest absolute Gasteiger partial charge is 0.481 e. The van der Waals surface area contributed by atoms with Gasteiger partial charge in [-0.1, -0.05) is 29.8 Å². The molecule has 200 valence electrons. The molecule has 4 rings (SSSR count). The van der Waals surface area contributed by atoms with Crippen LogP contribution in [0, 0.1) is 17.0 Å². The van der Waals surface area contributed by atoms with Crippen LogP contribution in [0.5, 0.6) is 0 Å². The highest BCUT2D eigenvalue weighted by Gasteiger charge is 2.21. The van der Waals surface area contributed by atoms with Crippen molar-refractivity contribution in [1.29, 1.82) is 0 Å². The number of benzene rings is 2. The molecule has 1 atom stereocenters. The summed E-state index contributed by atoms with van der Waals surface area (Å²) in [6.45, 7) is 1.74. The first-order chi connectivity index (χ1) is 18.7.